The Morgan fingerprint density at radius 2 is 1.74 bits per heavy atom. The molecule has 27 heavy (non-hydrogen) atoms. The summed E-state index contributed by atoms with van der Waals surface area (Å²) in [5.41, 5.74) is 0.603. The number of carbonyl (C=O) groups is 2. The topological polar surface area (TPSA) is 124 Å². The average molecular weight is 374 g/mol. The summed E-state index contributed by atoms with van der Waals surface area (Å²) in [5.74, 6) is -2.11. The largest absolute Gasteiger partial charge is 0.507 e. The molecule has 2 aromatic carbocycles. The van der Waals surface area contributed by atoms with Gasteiger partial charge in [0.25, 0.3) is 0 Å². The van der Waals surface area contributed by atoms with Gasteiger partial charge in [-0.2, -0.15) is 0 Å². The second-order valence-electron chi connectivity index (χ2n) is 6.45. The van der Waals surface area contributed by atoms with Gasteiger partial charge in [-0.15, -0.1) is 0 Å². The first-order valence-corrected chi connectivity index (χ1v) is 8.49. The van der Waals surface area contributed by atoms with Crippen LogP contribution in [0.2, 0.25) is 0 Å². The molecule has 2 aromatic rings. The standard InChI is InChI=1S/C20H22O7/c1-11(2)15-8-12(9-18(23)19(15)24)16(21)4-3-7-27-13-5-6-14(20(25)26)17(22)10-13/h5-6,8-11,22-24H,3-4,7H2,1-2H3,(H,25,26). The van der Waals surface area contributed by atoms with Crippen LogP contribution in [0.3, 0.4) is 0 Å². The third-order valence-electron chi connectivity index (χ3n) is 4.08. The normalized spacial score (nSPS) is 10.8. The van der Waals surface area contributed by atoms with E-state index in [1.165, 1.54) is 24.3 Å². The zero-order chi connectivity index (χ0) is 20.1. The van der Waals surface area contributed by atoms with Crippen LogP contribution in [0.4, 0.5) is 0 Å². The van der Waals surface area contributed by atoms with Crippen molar-refractivity contribution in [1.29, 1.82) is 0 Å². The lowest BCUT2D eigenvalue weighted by atomic mass is 9.96. The van der Waals surface area contributed by atoms with Crippen molar-refractivity contribution in [3.8, 4) is 23.0 Å². The van der Waals surface area contributed by atoms with Crippen LogP contribution in [0.1, 0.15) is 58.9 Å². The maximum Gasteiger partial charge on any atom is 0.339 e. The number of benzene rings is 2. The highest BCUT2D eigenvalue weighted by molar-refractivity contribution is 5.97. The number of ether oxygens (including phenoxy) is 1. The molecule has 0 fully saturated rings. The Morgan fingerprint density at radius 3 is 2.33 bits per heavy atom. The second kappa shape index (κ2) is 8.44. The summed E-state index contributed by atoms with van der Waals surface area (Å²) in [7, 11) is 0. The van der Waals surface area contributed by atoms with E-state index in [9.17, 15) is 24.9 Å². The highest BCUT2D eigenvalue weighted by atomic mass is 16.5. The van der Waals surface area contributed by atoms with Gasteiger partial charge in [-0.3, -0.25) is 4.79 Å². The molecule has 0 aliphatic rings. The minimum absolute atomic E-state index is 0.0477. The summed E-state index contributed by atoms with van der Waals surface area (Å²) in [5, 5.41) is 38.1. The van der Waals surface area contributed by atoms with Gasteiger partial charge in [0.15, 0.2) is 17.3 Å². The molecule has 7 heteroatoms. The zero-order valence-corrected chi connectivity index (χ0v) is 15.1. The van der Waals surface area contributed by atoms with Crippen LogP contribution in [-0.2, 0) is 0 Å². The Bertz CT molecular complexity index is 856. The molecule has 0 amide bonds. The lowest BCUT2D eigenvalue weighted by Gasteiger charge is -2.12. The Labute approximate surface area is 156 Å². The first-order valence-electron chi connectivity index (χ1n) is 8.49. The number of ketones is 1. The van der Waals surface area contributed by atoms with Crippen LogP contribution in [0.5, 0.6) is 23.0 Å². The number of carboxylic acid groups (broad SMARTS) is 1. The van der Waals surface area contributed by atoms with Crippen molar-refractivity contribution in [2.75, 3.05) is 6.61 Å². The van der Waals surface area contributed by atoms with Crippen molar-refractivity contribution in [1.82, 2.24) is 0 Å². The van der Waals surface area contributed by atoms with Crippen LogP contribution < -0.4 is 4.74 Å². The van der Waals surface area contributed by atoms with E-state index in [1.54, 1.807) is 6.07 Å². The van der Waals surface area contributed by atoms with Crippen molar-refractivity contribution in [3.05, 3.63) is 47.0 Å². The fourth-order valence-corrected chi connectivity index (χ4v) is 2.59. The average Bonchev–Trinajstić information content (AvgIpc) is 2.60. The molecule has 0 saturated heterocycles. The molecule has 0 bridgehead atoms. The molecule has 0 radical (unpaired) electrons. The molecule has 0 aliphatic carbocycles. The van der Waals surface area contributed by atoms with E-state index < -0.39 is 11.7 Å². The lowest BCUT2D eigenvalue weighted by Crippen LogP contribution is -2.05. The lowest BCUT2D eigenvalue weighted by molar-refractivity contribution is 0.0693. The Balaban J connectivity index is 1.93. The van der Waals surface area contributed by atoms with E-state index in [1.807, 2.05) is 13.8 Å². The molecule has 2 rings (SSSR count). The fraction of sp³-hybridized carbons (Fsp3) is 0.300. The summed E-state index contributed by atoms with van der Waals surface area (Å²) in [6.07, 6.45) is 0.555. The summed E-state index contributed by atoms with van der Waals surface area (Å²) in [4.78, 5) is 23.2. The number of phenols is 3. The predicted octanol–water partition coefficient (Wildman–Crippen LogP) is 3.67. The van der Waals surface area contributed by atoms with Crippen molar-refractivity contribution >= 4 is 11.8 Å². The Hall–Kier alpha value is -3.22. The molecular weight excluding hydrogens is 352 g/mol. The highest BCUT2D eigenvalue weighted by Crippen LogP contribution is 2.35. The van der Waals surface area contributed by atoms with Crippen molar-refractivity contribution in [2.45, 2.75) is 32.6 Å². The van der Waals surface area contributed by atoms with E-state index in [-0.39, 0.29) is 41.8 Å². The van der Waals surface area contributed by atoms with Crippen LogP contribution in [0.15, 0.2) is 30.3 Å². The maximum atomic E-state index is 12.3. The van der Waals surface area contributed by atoms with Gasteiger partial charge in [0.1, 0.15) is 17.1 Å². The highest BCUT2D eigenvalue weighted by Gasteiger charge is 2.16. The van der Waals surface area contributed by atoms with Crippen molar-refractivity contribution < 1.29 is 34.8 Å². The number of Topliss-reactive ketones (excluding diaryl/α,β-unsaturated/α-hetero) is 1. The summed E-state index contributed by atoms with van der Waals surface area (Å²) in [6.45, 7) is 3.89. The molecule has 4 N–H and O–H groups in total. The molecule has 0 atom stereocenters. The van der Waals surface area contributed by atoms with Gasteiger partial charge in [0, 0.05) is 23.6 Å². The van der Waals surface area contributed by atoms with E-state index in [4.69, 9.17) is 9.84 Å². The van der Waals surface area contributed by atoms with Gasteiger partial charge in [-0.25, -0.2) is 4.79 Å². The maximum absolute atomic E-state index is 12.3. The summed E-state index contributed by atoms with van der Waals surface area (Å²) < 4.78 is 5.42. The number of hydrogen-bond acceptors (Lipinski definition) is 6. The molecule has 144 valence electrons. The van der Waals surface area contributed by atoms with Gasteiger partial charge in [-0.1, -0.05) is 13.8 Å². The van der Waals surface area contributed by atoms with Crippen LogP contribution in [0.25, 0.3) is 0 Å². The smallest absolute Gasteiger partial charge is 0.339 e. The third kappa shape index (κ3) is 4.91. The SMILES string of the molecule is CC(C)c1cc(C(=O)CCCOc2ccc(C(=O)O)c(O)c2)cc(O)c1O. The van der Waals surface area contributed by atoms with Crippen LogP contribution in [-0.4, -0.2) is 38.8 Å². The predicted molar refractivity (Wildman–Crippen MR) is 98.0 cm³/mol. The number of aromatic carboxylic acids is 1. The first-order chi connectivity index (χ1) is 12.7. The molecule has 0 aliphatic heterocycles. The summed E-state index contributed by atoms with van der Waals surface area (Å²) >= 11 is 0. The number of hydrogen-bond donors (Lipinski definition) is 4. The molecular formula is C20H22O7. The number of carbonyl (C=O) groups excluding carboxylic acids is 1. The van der Waals surface area contributed by atoms with Crippen LogP contribution >= 0.6 is 0 Å². The Kier molecular flexibility index (Phi) is 6.28. The molecule has 0 saturated carbocycles. The minimum atomic E-state index is -1.23. The number of rotatable bonds is 8. The van der Waals surface area contributed by atoms with E-state index in [2.05, 4.69) is 0 Å². The van der Waals surface area contributed by atoms with E-state index in [0.29, 0.717) is 23.3 Å². The van der Waals surface area contributed by atoms with Gasteiger partial charge in [0.05, 0.1) is 6.61 Å². The van der Waals surface area contributed by atoms with Crippen molar-refractivity contribution in [3.63, 3.8) is 0 Å². The zero-order valence-electron chi connectivity index (χ0n) is 15.1. The molecule has 0 heterocycles. The quantitative estimate of drug-likeness (QED) is 0.316. The van der Waals surface area contributed by atoms with Crippen molar-refractivity contribution in [2.24, 2.45) is 0 Å². The third-order valence-corrected chi connectivity index (χ3v) is 4.08. The number of carboxylic acids is 1. The molecule has 7 nitrogen and oxygen atoms in total. The van der Waals surface area contributed by atoms with Gasteiger partial charge in [0.2, 0.25) is 0 Å². The first kappa shape index (κ1) is 20.1. The molecule has 0 spiro atoms. The Morgan fingerprint density at radius 1 is 1.04 bits per heavy atom. The monoisotopic (exact) mass is 374 g/mol. The van der Waals surface area contributed by atoms with Gasteiger partial charge in [-0.05, 0) is 36.6 Å². The van der Waals surface area contributed by atoms with Gasteiger partial charge < -0.3 is 25.2 Å². The second-order valence-corrected chi connectivity index (χ2v) is 6.45. The molecule has 0 unspecified atom stereocenters. The van der Waals surface area contributed by atoms with E-state index >= 15 is 0 Å². The number of phenolic OH excluding ortho intramolecular Hbond substituents is 2. The number of aromatic hydroxyl groups is 3. The minimum Gasteiger partial charge on any atom is -0.507 e. The molecule has 0 aromatic heterocycles. The fourth-order valence-electron chi connectivity index (χ4n) is 2.59. The van der Waals surface area contributed by atoms with Crippen LogP contribution in [0, 0.1) is 0 Å². The summed E-state index contributed by atoms with van der Waals surface area (Å²) in [6, 6.07) is 6.69. The van der Waals surface area contributed by atoms with Gasteiger partial charge >= 0.3 is 5.97 Å². The van der Waals surface area contributed by atoms with E-state index in [0.717, 1.165) is 0 Å².